The third kappa shape index (κ3) is 2.81. The summed E-state index contributed by atoms with van der Waals surface area (Å²) in [7, 11) is -1.61. The largest absolute Gasteiger partial charge is 0.377 e. The molecule has 0 aliphatic carbocycles. The van der Waals surface area contributed by atoms with Crippen molar-refractivity contribution >= 4 is 21.1 Å². The van der Waals surface area contributed by atoms with Crippen LogP contribution in [-0.4, -0.2) is 37.2 Å². The number of rotatable bonds is 4. The average Bonchev–Trinajstić information content (AvgIpc) is 3.06. The van der Waals surface area contributed by atoms with Crippen LogP contribution in [0.1, 0.15) is 18.7 Å². The van der Waals surface area contributed by atoms with Crippen molar-refractivity contribution in [1.82, 2.24) is 14.3 Å². The highest BCUT2D eigenvalue weighted by Gasteiger charge is 2.21. The van der Waals surface area contributed by atoms with E-state index in [1.54, 1.807) is 18.2 Å². The molecule has 1 fully saturated rings. The first-order valence-electron chi connectivity index (χ1n) is 7.02. The zero-order valence-corrected chi connectivity index (χ0v) is 13.0. The number of aromatic nitrogens is 2. The van der Waals surface area contributed by atoms with E-state index in [0.717, 1.165) is 24.2 Å². The van der Waals surface area contributed by atoms with Crippen LogP contribution < -0.4 is 4.72 Å². The molecule has 1 saturated heterocycles. The maximum atomic E-state index is 12.3. The maximum absolute atomic E-state index is 12.3. The van der Waals surface area contributed by atoms with Gasteiger partial charge in [-0.1, -0.05) is 0 Å². The lowest BCUT2D eigenvalue weighted by Gasteiger charge is -2.11. The highest BCUT2D eigenvalue weighted by atomic mass is 32.2. The topological polar surface area (TPSA) is 73.2 Å². The van der Waals surface area contributed by atoms with Gasteiger partial charge in [-0.15, -0.1) is 0 Å². The van der Waals surface area contributed by atoms with Gasteiger partial charge in [0.15, 0.2) is 0 Å². The van der Waals surface area contributed by atoms with Gasteiger partial charge in [0.05, 0.1) is 22.0 Å². The molecule has 21 heavy (non-hydrogen) atoms. The maximum Gasteiger partial charge on any atom is 0.240 e. The van der Waals surface area contributed by atoms with Crippen LogP contribution in [0.25, 0.3) is 11.0 Å². The third-order valence-electron chi connectivity index (χ3n) is 3.91. The van der Waals surface area contributed by atoms with E-state index in [1.807, 2.05) is 18.5 Å². The van der Waals surface area contributed by atoms with E-state index >= 15 is 0 Å². The summed E-state index contributed by atoms with van der Waals surface area (Å²) >= 11 is 0. The molecule has 1 unspecified atom stereocenters. The summed E-state index contributed by atoms with van der Waals surface area (Å²) < 4.78 is 34.6. The fraction of sp³-hybridized carbons (Fsp3) is 0.500. The normalized spacial score (nSPS) is 19.4. The highest BCUT2D eigenvalue weighted by molar-refractivity contribution is 7.89. The zero-order chi connectivity index (χ0) is 15.0. The summed E-state index contributed by atoms with van der Waals surface area (Å²) in [4.78, 5) is 4.61. The van der Waals surface area contributed by atoms with E-state index in [0.29, 0.717) is 18.7 Å². The van der Waals surface area contributed by atoms with Gasteiger partial charge >= 0.3 is 0 Å². The molecule has 1 aliphatic heterocycles. The van der Waals surface area contributed by atoms with Gasteiger partial charge in [-0.2, -0.15) is 0 Å². The molecular formula is C14H19N3O3S. The lowest BCUT2D eigenvalue weighted by atomic mass is 10.2. The van der Waals surface area contributed by atoms with Gasteiger partial charge in [0.2, 0.25) is 10.0 Å². The van der Waals surface area contributed by atoms with Crippen molar-refractivity contribution in [3.63, 3.8) is 0 Å². The van der Waals surface area contributed by atoms with Crippen LogP contribution in [0.5, 0.6) is 0 Å². The van der Waals surface area contributed by atoms with Crippen molar-refractivity contribution in [3.8, 4) is 0 Å². The molecule has 2 aromatic rings. The van der Waals surface area contributed by atoms with E-state index in [2.05, 4.69) is 9.71 Å². The molecule has 1 aromatic heterocycles. The standard InChI is InChI=1S/C14H19N3O3S/c1-10-16-13-8-12(5-6-14(13)17(10)2)21(18,19)15-9-11-4-3-7-20-11/h5-6,8,11,15H,3-4,7,9H2,1-2H3. The van der Waals surface area contributed by atoms with Gasteiger partial charge < -0.3 is 9.30 Å². The number of imidazole rings is 1. The number of fused-ring (bicyclic) bond motifs is 1. The van der Waals surface area contributed by atoms with E-state index < -0.39 is 10.0 Å². The first-order valence-corrected chi connectivity index (χ1v) is 8.50. The summed E-state index contributed by atoms with van der Waals surface area (Å²) in [6.45, 7) is 2.93. The molecule has 1 aromatic carbocycles. The van der Waals surface area contributed by atoms with Gasteiger partial charge in [-0.25, -0.2) is 18.1 Å². The monoisotopic (exact) mass is 309 g/mol. The van der Waals surface area contributed by atoms with Crippen LogP contribution in [0.2, 0.25) is 0 Å². The van der Waals surface area contributed by atoms with Crippen LogP contribution in [0.3, 0.4) is 0 Å². The minimum atomic E-state index is -3.52. The fourth-order valence-corrected chi connectivity index (χ4v) is 3.64. The van der Waals surface area contributed by atoms with Gasteiger partial charge in [0.1, 0.15) is 5.82 Å². The van der Waals surface area contributed by atoms with E-state index in [-0.39, 0.29) is 11.0 Å². The molecule has 0 bridgehead atoms. The summed E-state index contributed by atoms with van der Waals surface area (Å²) in [5.41, 5.74) is 1.61. The Bertz CT molecular complexity index is 761. The molecule has 0 radical (unpaired) electrons. The van der Waals surface area contributed by atoms with Crippen LogP contribution in [0, 0.1) is 6.92 Å². The molecular weight excluding hydrogens is 290 g/mol. The summed E-state index contributed by atoms with van der Waals surface area (Å²) in [6, 6.07) is 5.01. The number of hydrogen-bond donors (Lipinski definition) is 1. The predicted molar refractivity (Wildman–Crippen MR) is 79.6 cm³/mol. The smallest absolute Gasteiger partial charge is 0.240 e. The molecule has 7 heteroatoms. The SMILES string of the molecule is Cc1nc2cc(S(=O)(=O)NCC3CCCO3)ccc2n1C. The lowest BCUT2D eigenvalue weighted by Crippen LogP contribution is -2.31. The lowest BCUT2D eigenvalue weighted by molar-refractivity contribution is 0.114. The van der Waals surface area contributed by atoms with E-state index in [9.17, 15) is 8.42 Å². The summed E-state index contributed by atoms with van der Waals surface area (Å²) in [6.07, 6.45) is 1.88. The van der Waals surface area contributed by atoms with Crippen molar-refractivity contribution in [1.29, 1.82) is 0 Å². The minimum Gasteiger partial charge on any atom is -0.377 e. The molecule has 0 spiro atoms. The Labute approximate surface area is 124 Å². The number of benzene rings is 1. The second-order valence-electron chi connectivity index (χ2n) is 5.36. The average molecular weight is 309 g/mol. The number of ether oxygens (including phenoxy) is 1. The van der Waals surface area contributed by atoms with Crippen LogP contribution in [0.4, 0.5) is 0 Å². The second kappa shape index (κ2) is 5.40. The van der Waals surface area contributed by atoms with Gasteiger partial charge in [0, 0.05) is 20.2 Å². The van der Waals surface area contributed by atoms with E-state index in [1.165, 1.54) is 0 Å². The Morgan fingerprint density at radius 1 is 1.48 bits per heavy atom. The van der Waals surface area contributed by atoms with Crippen LogP contribution in [0.15, 0.2) is 23.1 Å². The first-order chi connectivity index (χ1) is 9.97. The highest BCUT2D eigenvalue weighted by Crippen LogP contribution is 2.19. The van der Waals surface area contributed by atoms with Crippen LogP contribution in [-0.2, 0) is 21.8 Å². The quantitative estimate of drug-likeness (QED) is 0.925. The number of nitrogens with one attached hydrogen (secondary N) is 1. The molecule has 114 valence electrons. The Balaban J connectivity index is 1.84. The second-order valence-corrected chi connectivity index (χ2v) is 7.12. The summed E-state index contributed by atoms with van der Waals surface area (Å²) in [5.74, 6) is 0.854. The molecule has 2 heterocycles. The minimum absolute atomic E-state index is 0.0133. The Morgan fingerprint density at radius 2 is 2.29 bits per heavy atom. The van der Waals surface area contributed by atoms with Crippen molar-refractivity contribution < 1.29 is 13.2 Å². The van der Waals surface area contributed by atoms with Gasteiger partial charge in [-0.3, -0.25) is 0 Å². The molecule has 0 amide bonds. The van der Waals surface area contributed by atoms with Gasteiger partial charge in [0.25, 0.3) is 0 Å². The van der Waals surface area contributed by atoms with E-state index in [4.69, 9.17) is 4.74 Å². The molecule has 1 aliphatic rings. The number of sulfonamides is 1. The number of nitrogens with zero attached hydrogens (tertiary/aromatic N) is 2. The van der Waals surface area contributed by atoms with Gasteiger partial charge in [-0.05, 0) is 38.0 Å². The number of hydrogen-bond acceptors (Lipinski definition) is 4. The summed E-state index contributed by atoms with van der Waals surface area (Å²) in [5, 5.41) is 0. The Morgan fingerprint density at radius 3 is 3.00 bits per heavy atom. The van der Waals surface area contributed by atoms with Crippen molar-refractivity contribution in [2.45, 2.75) is 30.8 Å². The first kappa shape index (κ1) is 14.5. The molecule has 6 nitrogen and oxygen atoms in total. The molecule has 1 atom stereocenters. The number of aryl methyl sites for hydroxylation is 2. The fourth-order valence-electron chi connectivity index (χ4n) is 2.56. The molecule has 0 saturated carbocycles. The van der Waals surface area contributed by atoms with Crippen molar-refractivity contribution in [3.05, 3.63) is 24.0 Å². The third-order valence-corrected chi connectivity index (χ3v) is 5.33. The van der Waals surface area contributed by atoms with Crippen molar-refractivity contribution in [2.24, 2.45) is 7.05 Å². The van der Waals surface area contributed by atoms with Crippen LogP contribution >= 0.6 is 0 Å². The molecule has 1 N–H and O–H groups in total. The zero-order valence-electron chi connectivity index (χ0n) is 12.2. The Hall–Kier alpha value is -1.44. The Kier molecular flexibility index (Phi) is 3.73. The molecule has 3 rings (SSSR count). The predicted octanol–water partition coefficient (Wildman–Crippen LogP) is 1.34. The van der Waals surface area contributed by atoms with Crippen molar-refractivity contribution in [2.75, 3.05) is 13.2 Å².